The number of hydrogen-bond donors (Lipinski definition) is 0. The molecule has 2 heterocycles. The van der Waals surface area contributed by atoms with E-state index in [4.69, 9.17) is 4.74 Å². The van der Waals surface area contributed by atoms with Crippen LogP contribution in [0.3, 0.4) is 0 Å². The maximum atomic E-state index is 12.4. The number of carbonyl (C=O) groups is 2. The molecule has 0 N–H and O–H groups in total. The summed E-state index contributed by atoms with van der Waals surface area (Å²) < 4.78 is 5.33. The van der Waals surface area contributed by atoms with E-state index >= 15 is 0 Å². The Morgan fingerprint density at radius 2 is 1.81 bits per heavy atom. The number of imide groups is 1. The second kappa shape index (κ2) is 6.22. The topological polar surface area (TPSA) is 46.6 Å². The van der Waals surface area contributed by atoms with Crippen LogP contribution in [-0.2, 0) is 14.3 Å². The number of hydrogen-bond acceptors (Lipinski definition) is 3. The molecule has 0 atom stereocenters. The zero-order valence-corrected chi connectivity index (χ0v) is 12.0. The van der Waals surface area contributed by atoms with Crippen LogP contribution in [0.25, 0.3) is 5.57 Å². The molecular weight excluding hydrogens is 266 g/mol. The maximum Gasteiger partial charge on any atom is 0.261 e. The Kier molecular flexibility index (Phi) is 4.15. The van der Waals surface area contributed by atoms with Crippen molar-refractivity contribution in [2.75, 3.05) is 19.8 Å². The SMILES string of the molecule is O=C1C=C(c2ccccc2)C(=O)N1CCC1CCOCC1. The van der Waals surface area contributed by atoms with Crippen molar-refractivity contribution in [2.24, 2.45) is 5.92 Å². The summed E-state index contributed by atoms with van der Waals surface area (Å²) in [6.45, 7) is 2.09. The van der Waals surface area contributed by atoms with Crippen molar-refractivity contribution in [1.29, 1.82) is 0 Å². The smallest absolute Gasteiger partial charge is 0.261 e. The molecule has 0 radical (unpaired) electrons. The highest BCUT2D eigenvalue weighted by molar-refractivity contribution is 6.33. The fourth-order valence-electron chi connectivity index (χ4n) is 2.89. The molecule has 0 bridgehead atoms. The summed E-state index contributed by atoms with van der Waals surface area (Å²) in [5.74, 6) is 0.198. The van der Waals surface area contributed by atoms with Gasteiger partial charge in [-0.25, -0.2) is 0 Å². The molecule has 2 aliphatic rings. The van der Waals surface area contributed by atoms with E-state index in [0.717, 1.165) is 38.0 Å². The molecule has 4 nitrogen and oxygen atoms in total. The molecule has 1 aromatic carbocycles. The second-order valence-electron chi connectivity index (χ2n) is 5.56. The fraction of sp³-hybridized carbons (Fsp3) is 0.412. The van der Waals surface area contributed by atoms with Crippen LogP contribution in [-0.4, -0.2) is 36.5 Å². The van der Waals surface area contributed by atoms with E-state index in [9.17, 15) is 9.59 Å². The van der Waals surface area contributed by atoms with Gasteiger partial charge in [0, 0.05) is 25.8 Å². The Morgan fingerprint density at radius 1 is 1.10 bits per heavy atom. The lowest BCUT2D eigenvalue weighted by Gasteiger charge is -2.24. The molecule has 0 aromatic heterocycles. The summed E-state index contributed by atoms with van der Waals surface area (Å²) in [5, 5.41) is 0. The van der Waals surface area contributed by atoms with Gasteiger partial charge >= 0.3 is 0 Å². The normalized spacial score (nSPS) is 20.0. The third kappa shape index (κ3) is 3.05. The van der Waals surface area contributed by atoms with Gasteiger partial charge in [-0.05, 0) is 30.7 Å². The average molecular weight is 285 g/mol. The first-order chi connectivity index (χ1) is 10.3. The van der Waals surface area contributed by atoms with Gasteiger partial charge in [-0.1, -0.05) is 30.3 Å². The Morgan fingerprint density at radius 3 is 2.52 bits per heavy atom. The highest BCUT2D eigenvalue weighted by atomic mass is 16.5. The van der Waals surface area contributed by atoms with Crippen molar-refractivity contribution in [1.82, 2.24) is 4.90 Å². The molecule has 3 rings (SSSR count). The Hall–Kier alpha value is -1.94. The molecule has 4 heteroatoms. The average Bonchev–Trinajstić information content (AvgIpc) is 2.82. The molecule has 2 amide bonds. The molecule has 1 fully saturated rings. The first kappa shape index (κ1) is 14.0. The highest BCUT2D eigenvalue weighted by Gasteiger charge is 2.31. The Balaban J connectivity index is 1.63. The van der Waals surface area contributed by atoms with Gasteiger partial charge in [0.2, 0.25) is 0 Å². The van der Waals surface area contributed by atoms with Gasteiger partial charge in [-0.15, -0.1) is 0 Å². The van der Waals surface area contributed by atoms with Crippen molar-refractivity contribution >= 4 is 17.4 Å². The van der Waals surface area contributed by atoms with E-state index in [1.54, 1.807) is 0 Å². The minimum atomic E-state index is -0.189. The summed E-state index contributed by atoms with van der Waals surface area (Å²) in [6, 6.07) is 9.36. The van der Waals surface area contributed by atoms with Crippen molar-refractivity contribution in [3.8, 4) is 0 Å². The first-order valence-corrected chi connectivity index (χ1v) is 7.46. The number of carbonyl (C=O) groups excluding carboxylic acids is 2. The Labute approximate surface area is 124 Å². The van der Waals surface area contributed by atoms with Crippen LogP contribution >= 0.6 is 0 Å². The first-order valence-electron chi connectivity index (χ1n) is 7.46. The maximum absolute atomic E-state index is 12.4. The molecule has 0 unspecified atom stereocenters. The van der Waals surface area contributed by atoms with Crippen LogP contribution in [0.5, 0.6) is 0 Å². The largest absolute Gasteiger partial charge is 0.381 e. The lowest BCUT2D eigenvalue weighted by atomic mass is 9.96. The number of rotatable bonds is 4. The molecule has 1 aromatic rings. The zero-order chi connectivity index (χ0) is 14.7. The molecule has 110 valence electrons. The van der Waals surface area contributed by atoms with Gasteiger partial charge in [0.15, 0.2) is 0 Å². The van der Waals surface area contributed by atoms with Crippen molar-refractivity contribution in [3.05, 3.63) is 42.0 Å². The summed E-state index contributed by atoms with van der Waals surface area (Å²) >= 11 is 0. The van der Waals surface area contributed by atoms with Crippen LogP contribution in [0.2, 0.25) is 0 Å². The van der Waals surface area contributed by atoms with Gasteiger partial charge in [-0.2, -0.15) is 0 Å². The zero-order valence-electron chi connectivity index (χ0n) is 12.0. The van der Waals surface area contributed by atoms with Crippen molar-refractivity contribution < 1.29 is 14.3 Å². The standard InChI is InChI=1S/C17H19NO3/c19-16-12-15(14-4-2-1-3-5-14)17(20)18(16)9-6-13-7-10-21-11-8-13/h1-5,12-13H,6-11H2. The van der Waals surface area contributed by atoms with Gasteiger partial charge in [0.25, 0.3) is 11.8 Å². The fourth-order valence-corrected chi connectivity index (χ4v) is 2.89. The minimum Gasteiger partial charge on any atom is -0.381 e. The predicted octanol–water partition coefficient (Wildman–Crippen LogP) is 2.26. The van der Waals surface area contributed by atoms with Crippen LogP contribution in [0.1, 0.15) is 24.8 Å². The van der Waals surface area contributed by atoms with Gasteiger partial charge in [0.1, 0.15) is 0 Å². The molecule has 0 aliphatic carbocycles. The molecule has 0 spiro atoms. The second-order valence-corrected chi connectivity index (χ2v) is 5.56. The summed E-state index contributed by atoms with van der Waals surface area (Å²) in [4.78, 5) is 25.8. The Bertz CT molecular complexity index is 559. The van der Waals surface area contributed by atoms with E-state index in [1.165, 1.54) is 11.0 Å². The number of amides is 2. The lowest BCUT2D eigenvalue weighted by Crippen LogP contribution is -2.33. The highest BCUT2D eigenvalue weighted by Crippen LogP contribution is 2.25. The molecule has 0 saturated carbocycles. The summed E-state index contributed by atoms with van der Waals surface area (Å²) in [6.07, 6.45) is 4.38. The number of benzene rings is 1. The third-order valence-electron chi connectivity index (χ3n) is 4.20. The lowest BCUT2D eigenvalue weighted by molar-refractivity contribution is -0.136. The van der Waals surface area contributed by atoms with E-state index in [0.29, 0.717) is 18.0 Å². The monoisotopic (exact) mass is 285 g/mol. The molecule has 21 heavy (non-hydrogen) atoms. The minimum absolute atomic E-state index is 0.168. The molecule has 2 aliphatic heterocycles. The molecular formula is C17H19NO3. The number of nitrogens with zero attached hydrogens (tertiary/aromatic N) is 1. The van der Waals surface area contributed by atoms with Crippen LogP contribution in [0, 0.1) is 5.92 Å². The van der Waals surface area contributed by atoms with Crippen molar-refractivity contribution in [2.45, 2.75) is 19.3 Å². The van der Waals surface area contributed by atoms with Gasteiger partial charge < -0.3 is 4.74 Å². The third-order valence-corrected chi connectivity index (χ3v) is 4.20. The quantitative estimate of drug-likeness (QED) is 0.797. The summed E-state index contributed by atoms with van der Waals surface area (Å²) in [5.41, 5.74) is 1.32. The van der Waals surface area contributed by atoms with Gasteiger partial charge in [0.05, 0.1) is 5.57 Å². The predicted molar refractivity (Wildman–Crippen MR) is 79.3 cm³/mol. The number of ether oxygens (including phenoxy) is 1. The summed E-state index contributed by atoms with van der Waals surface area (Å²) in [7, 11) is 0. The van der Waals surface area contributed by atoms with E-state index in [-0.39, 0.29) is 11.8 Å². The van der Waals surface area contributed by atoms with E-state index in [1.807, 2.05) is 30.3 Å². The van der Waals surface area contributed by atoms with Crippen molar-refractivity contribution in [3.63, 3.8) is 0 Å². The van der Waals surface area contributed by atoms with E-state index < -0.39 is 0 Å². The van der Waals surface area contributed by atoms with E-state index in [2.05, 4.69) is 0 Å². The molecule has 1 saturated heterocycles. The van der Waals surface area contributed by atoms with Crippen LogP contribution in [0.15, 0.2) is 36.4 Å². The van der Waals surface area contributed by atoms with Crippen LogP contribution < -0.4 is 0 Å². The van der Waals surface area contributed by atoms with Crippen LogP contribution in [0.4, 0.5) is 0 Å². The van der Waals surface area contributed by atoms with Gasteiger partial charge in [-0.3, -0.25) is 14.5 Å².